The molecule has 6 atom stereocenters. The molecule has 3 fully saturated rings. The minimum atomic E-state index is -0.681. The fraction of sp³-hybridized carbons (Fsp3) is 0.519. The molecule has 0 radical (unpaired) electrons. The maximum absolute atomic E-state index is 13.9. The van der Waals surface area contributed by atoms with Crippen LogP contribution in [0, 0.1) is 11.8 Å². The molecule has 3 N–H and O–H groups in total. The van der Waals surface area contributed by atoms with Gasteiger partial charge in [-0.2, -0.15) is 0 Å². The summed E-state index contributed by atoms with van der Waals surface area (Å²) in [5.41, 5.74) is 0.687. The Bertz CT molecular complexity index is 1180. The second-order valence-electron chi connectivity index (χ2n) is 9.97. The Labute approximate surface area is 223 Å². The van der Waals surface area contributed by atoms with Crippen LogP contribution >= 0.6 is 27.7 Å². The summed E-state index contributed by atoms with van der Waals surface area (Å²) < 4.78 is -0.662. The predicted molar refractivity (Wildman–Crippen MR) is 146 cm³/mol. The molecule has 192 valence electrons. The zero-order valence-electron chi connectivity index (χ0n) is 20.3. The van der Waals surface area contributed by atoms with Crippen LogP contribution in [0.25, 0.3) is 10.8 Å². The van der Waals surface area contributed by atoms with Crippen molar-refractivity contribution in [3.05, 3.63) is 42.5 Å². The molecule has 5 rings (SSSR count). The number of anilines is 1. The molecule has 2 aromatic rings. The van der Waals surface area contributed by atoms with Crippen molar-refractivity contribution in [2.24, 2.45) is 11.8 Å². The summed E-state index contributed by atoms with van der Waals surface area (Å²) in [6.45, 7) is 2.99. The number of rotatable bonds is 9. The molecule has 0 aliphatic carbocycles. The molecule has 7 nitrogen and oxygen atoms in total. The molecule has 3 aliphatic rings. The third kappa shape index (κ3) is 4.23. The van der Waals surface area contributed by atoms with Crippen molar-refractivity contribution >= 4 is 61.9 Å². The highest BCUT2D eigenvalue weighted by atomic mass is 79.9. The lowest BCUT2D eigenvalue weighted by atomic mass is 9.70. The molecular formula is C27H32BrN3O4S. The standard InChI is InChI=1S/C27H32BrN3O4S/c1-2-11-29-24(33)20-21-26(35)31(12-5-6-13-32)23(27(21)15-19(28)22(20)36-27)25(34)30-18-10-9-16-7-3-4-8-17(16)14-18/h3-4,7-10,14,19-23,32H,2,5-6,11-13,15H2,1H3,(H,29,33)(H,30,34)/t19?,20-,21-,22-,23?,27?/m0/s1. The van der Waals surface area contributed by atoms with E-state index in [0.717, 1.165) is 17.2 Å². The molecule has 3 saturated heterocycles. The van der Waals surface area contributed by atoms with E-state index in [1.165, 1.54) is 0 Å². The van der Waals surface area contributed by atoms with E-state index in [1.807, 2.05) is 49.4 Å². The van der Waals surface area contributed by atoms with Crippen molar-refractivity contribution in [2.75, 3.05) is 25.0 Å². The fourth-order valence-corrected chi connectivity index (χ4v) is 9.82. The number of carbonyl (C=O) groups is 3. The van der Waals surface area contributed by atoms with Gasteiger partial charge >= 0.3 is 0 Å². The van der Waals surface area contributed by atoms with E-state index in [-0.39, 0.29) is 34.4 Å². The summed E-state index contributed by atoms with van der Waals surface area (Å²) in [5.74, 6) is -1.42. The van der Waals surface area contributed by atoms with Crippen LogP contribution in [-0.2, 0) is 14.4 Å². The number of hydrogen-bond donors (Lipinski definition) is 3. The van der Waals surface area contributed by atoms with Gasteiger partial charge in [0.25, 0.3) is 0 Å². The first-order valence-corrected chi connectivity index (χ1v) is 14.5. The van der Waals surface area contributed by atoms with E-state index in [0.29, 0.717) is 38.0 Å². The first kappa shape index (κ1) is 25.5. The normalized spacial score (nSPS) is 30.6. The number of aliphatic hydroxyl groups excluding tert-OH is 1. The van der Waals surface area contributed by atoms with Gasteiger partial charge in [0.05, 0.1) is 16.6 Å². The van der Waals surface area contributed by atoms with Crippen molar-refractivity contribution in [1.82, 2.24) is 10.2 Å². The molecule has 9 heteroatoms. The summed E-state index contributed by atoms with van der Waals surface area (Å²) in [4.78, 5) is 42.8. The molecule has 0 aromatic heterocycles. The van der Waals surface area contributed by atoms with Crippen molar-refractivity contribution in [1.29, 1.82) is 0 Å². The van der Waals surface area contributed by atoms with Gasteiger partial charge in [-0.3, -0.25) is 14.4 Å². The van der Waals surface area contributed by atoms with E-state index in [1.54, 1.807) is 16.7 Å². The monoisotopic (exact) mass is 573 g/mol. The summed E-state index contributed by atoms with van der Waals surface area (Å²) in [5, 5.41) is 17.5. The number of amides is 3. The Balaban J connectivity index is 1.48. The lowest BCUT2D eigenvalue weighted by molar-refractivity contribution is -0.139. The number of aliphatic hydroxyl groups is 1. The van der Waals surface area contributed by atoms with Gasteiger partial charge < -0.3 is 20.6 Å². The first-order chi connectivity index (χ1) is 17.4. The van der Waals surface area contributed by atoms with Gasteiger partial charge in [0.15, 0.2) is 0 Å². The average molecular weight is 575 g/mol. The number of halogens is 1. The number of benzene rings is 2. The van der Waals surface area contributed by atoms with Crippen LogP contribution in [-0.4, -0.2) is 68.3 Å². The fourth-order valence-electron chi connectivity index (χ4n) is 6.21. The Morgan fingerprint density at radius 1 is 1.17 bits per heavy atom. The van der Waals surface area contributed by atoms with Gasteiger partial charge in [-0.25, -0.2) is 0 Å². The number of alkyl halides is 1. The van der Waals surface area contributed by atoms with Gasteiger partial charge in [-0.05, 0) is 48.6 Å². The zero-order chi connectivity index (χ0) is 25.4. The molecule has 2 aromatic carbocycles. The van der Waals surface area contributed by atoms with Crippen LogP contribution in [0.5, 0.6) is 0 Å². The Hall–Kier alpha value is -2.10. The summed E-state index contributed by atoms with van der Waals surface area (Å²) in [7, 11) is 0. The number of thioether (sulfide) groups is 1. The van der Waals surface area contributed by atoms with E-state index < -0.39 is 22.6 Å². The lowest BCUT2D eigenvalue weighted by Gasteiger charge is -2.35. The van der Waals surface area contributed by atoms with Gasteiger partial charge in [-0.1, -0.05) is 53.2 Å². The Morgan fingerprint density at radius 2 is 1.94 bits per heavy atom. The average Bonchev–Trinajstić information content (AvgIpc) is 3.46. The summed E-state index contributed by atoms with van der Waals surface area (Å²) in [6.07, 6.45) is 2.63. The smallest absolute Gasteiger partial charge is 0.248 e. The van der Waals surface area contributed by atoms with Crippen LogP contribution < -0.4 is 10.6 Å². The van der Waals surface area contributed by atoms with Crippen molar-refractivity contribution < 1.29 is 19.5 Å². The second-order valence-corrected chi connectivity index (χ2v) is 12.7. The summed E-state index contributed by atoms with van der Waals surface area (Å²) >= 11 is 5.43. The molecule has 36 heavy (non-hydrogen) atoms. The topological polar surface area (TPSA) is 98.7 Å². The molecule has 3 amide bonds. The Morgan fingerprint density at radius 3 is 2.69 bits per heavy atom. The predicted octanol–water partition coefficient (Wildman–Crippen LogP) is 3.54. The molecule has 3 aliphatic heterocycles. The SMILES string of the molecule is CCCNC(=O)[C@H]1[C@H]2C(=O)N(CCCCO)C(C(=O)Nc3ccc4ccccc4c3)C23CC(Br)[C@@H]1S3. The second kappa shape index (κ2) is 10.3. The number of nitrogens with one attached hydrogen (secondary N) is 2. The van der Waals surface area contributed by atoms with Crippen LogP contribution in [0.1, 0.15) is 32.6 Å². The molecule has 3 unspecified atom stereocenters. The highest BCUT2D eigenvalue weighted by Crippen LogP contribution is 2.67. The van der Waals surface area contributed by atoms with Gasteiger partial charge in [0.2, 0.25) is 17.7 Å². The number of likely N-dealkylation sites (tertiary alicyclic amines) is 1. The van der Waals surface area contributed by atoms with E-state index in [9.17, 15) is 19.5 Å². The molecule has 3 heterocycles. The zero-order valence-corrected chi connectivity index (χ0v) is 22.7. The minimum absolute atomic E-state index is 0.0346. The first-order valence-electron chi connectivity index (χ1n) is 12.7. The lowest BCUT2D eigenvalue weighted by Crippen LogP contribution is -2.53. The number of carbonyl (C=O) groups excluding carboxylic acids is 3. The van der Waals surface area contributed by atoms with Crippen LogP contribution in [0.3, 0.4) is 0 Å². The third-order valence-electron chi connectivity index (χ3n) is 7.71. The third-order valence-corrected chi connectivity index (χ3v) is 10.9. The largest absolute Gasteiger partial charge is 0.396 e. The van der Waals surface area contributed by atoms with Crippen LogP contribution in [0.4, 0.5) is 5.69 Å². The molecule has 1 spiro atoms. The van der Waals surface area contributed by atoms with Gasteiger partial charge in [0, 0.05) is 35.5 Å². The van der Waals surface area contributed by atoms with Crippen molar-refractivity contribution in [3.8, 4) is 0 Å². The number of hydrogen-bond acceptors (Lipinski definition) is 5. The van der Waals surface area contributed by atoms with E-state index in [2.05, 4.69) is 26.6 Å². The molecule has 2 bridgehead atoms. The minimum Gasteiger partial charge on any atom is -0.396 e. The Kier molecular flexibility index (Phi) is 7.34. The highest BCUT2D eigenvalue weighted by molar-refractivity contribution is 9.09. The van der Waals surface area contributed by atoms with Crippen LogP contribution in [0.2, 0.25) is 0 Å². The molecular weight excluding hydrogens is 542 g/mol. The highest BCUT2D eigenvalue weighted by Gasteiger charge is 2.75. The van der Waals surface area contributed by atoms with Crippen LogP contribution in [0.15, 0.2) is 42.5 Å². The van der Waals surface area contributed by atoms with Gasteiger partial charge in [0.1, 0.15) is 6.04 Å². The van der Waals surface area contributed by atoms with E-state index in [4.69, 9.17) is 0 Å². The number of nitrogens with zero attached hydrogens (tertiary/aromatic N) is 1. The number of fused-ring (bicyclic) bond motifs is 2. The van der Waals surface area contributed by atoms with Gasteiger partial charge in [-0.15, -0.1) is 11.8 Å². The maximum Gasteiger partial charge on any atom is 0.248 e. The van der Waals surface area contributed by atoms with Crippen molar-refractivity contribution in [3.63, 3.8) is 0 Å². The summed E-state index contributed by atoms with van der Waals surface area (Å²) in [6, 6.07) is 13.1. The molecule has 0 saturated carbocycles. The van der Waals surface area contributed by atoms with E-state index >= 15 is 0 Å². The van der Waals surface area contributed by atoms with Crippen molar-refractivity contribution in [2.45, 2.75) is 53.5 Å². The quantitative estimate of drug-likeness (QED) is 0.315. The number of unbranched alkanes of at least 4 members (excludes halogenated alkanes) is 1. The maximum atomic E-state index is 13.9.